The van der Waals surface area contributed by atoms with Crippen LogP contribution in [0.4, 0.5) is 11.4 Å². The lowest BCUT2D eigenvalue weighted by Crippen LogP contribution is -2.32. The summed E-state index contributed by atoms with van der Waals surface area (Å²) in [7, 11) is 1.49. The van der Waals surface area contributed by atoms with Gasteiger partial charge in [-0.15, -0.1) is 0 Å². The standard InChI is InChI=1S/C30H39N5O4/c1-18-10-11-20(12-25(18)35-16-21(15-32-35)27(37)31-17-29(3,4)5)28(38)34-24-14-22(30(6,7)8)13-23(26(24)39-9)33-19(2)36/h10-16H,17H2,1-9H3,(H,31,37)(H,33,36)(H,34,38). The van der Waals surface area contributed by atoms with Crippen molar-refractivity contribution >= 4 is 29.1 Å². The molecule has 0 unspecified atom stereocenters. The molecule has 0 aliphatic heterocycles. The number of carbonyl (C=O) groups is 3. The van der Waals surface area contributed by atoms with Crippen LogP contribution in [0.2, 0.25) is 0 Å². The third-order valence-electron chi connectivity index (χ3n) is 6.06. The van der Waals surface area contributed by atoms with Gasteiger partial charge in [0.25, 0.3) is 11.8 Å². The van der Waals surface area contributed by atoms with E-state index in [2.05, 4.69) is 21.0 Å². The first-order valence-electron chi connectivity index (χ1n) is 12.8. The quantitative estimate of drug-likeness (QED) is 0.372. The number of anilines is 2. The Labute approximate surface area is 230 Å². The normalized spacial score (nSPS) is 11.6. The molecule has 0 atom stereocenters. The van der Waals surface area contributed by atoms with Gasteiger partial charge in [0, 0.05) is 25.2 Å². The zero-order chi connectivity index (χ0) is 29.1. The molecule has 0 fully saturated rings. The molecule has 39 heavy (non-hydrogen) atoms. The average molecular weight is 534 g/mol. The molecular formula is C30H39N5O4. The first-order valence-corrected chi connectivity index (χ1v) is 12.8. The van der Waals surface area contributed by atoms with Crippen molar-refractivity contribution < 1.29 is 19.1 Å². The number of ether oxygens (including phenoxy) is 1. The van der Waals surface area contributed by atoms with E-state index in [4.69, 9.17) is 4.74 Å². The molecular weight excluding hydrogens is 494 g/mol. The molecule has 0 spiro atoms. The van der Waals surface area contributed by atoms with Crippen LogP contribution in [0.15, 0.2) is 42.7 Å². The van der Waals surface area contributed by atoms with E-state index < -0.39 is 0 Å². The van der Waals surface area contributed by atoms with Gasteiger partial charge in [-0.3, -0.25) is 14.4 Å². The van der Waals surface area contributed by atoms with Crippen molar-refractivity contribution in [1.29, 1.82) is 0 Å². The van der Waals surface area contributed by atoms with Crippen LogP contribution in [-0.4, -0.2) is 41.2 Å². The highest BCUT2D eigenvalue weighted by atomic mass is 16.5. The van der Waals surface area contributed by atoms with E-state index in [0.29, 0.717) is 40.5 Å². The Balaban J connectivity index is 1.93. The van der Waals surface area contributed by atoms with Crippen LogP contribution < -0.4 is 20.7 Å². The number of hydrogen-bond acceptors (Lipinski definition) is 5. The summed E-state index contributed by atoms with van der Waals surface area (Å²) in [5, 5.41) is 13.0. The average Bonchev–Trinajstić information content (AvgIpc) is 3.31. The molecule has 0 bridgehead atoms. The van der Waals surface area contributed by atoms with Crippen molar-refractivity contribution in [3.8, 4) is 11.4 Å². The molecule has 0 aliphatic carbocycles. The molecule has 0 saturated carbocycles. The van der Waals surface area contributed by atoms with Gasteiger partial charge in [0.1, 0.15) is 0 Å². The highest BCUT2D eigenvalue weighted by molar-refractivity contribution is 6.06. The second-order valence-corrected chi connectivity index (χ2v) is 11.9. The van der Waals surface area contributed by atoms with Crippen molar-refractivity contribution in [2.75, 3.05) is 24.3 Å². The molecule has 9 nitrogen and oxygen atoms in total. The number of amides is 3. The lowest BCUT2D eigenvalue weighted by atomic mass is 9.86. The Morgan fingerprint density at radius 1 is 0.923 bits per heavy atom. The SMILES string of the molecule is COc1c(NC(C)=O)cc(C(C)(C)C)cc1NC(=O)c1ccc(C)c(-n2cc(C(=O)NCC(C)(C)C)cn2)c1. The van der Waals surface area contributed by atoms with E-state index in [-0.39, 0.29) is 28.6 Å². The maximum atomic E-state index is 13.4. The third-order valence-corrected chi connectivity index (χ3v) is 6.06. The minimum atomic E-state index is -0.357. The smallest absolute Gasteiger partial charge is 0.255 e. The fourth-order valence-electron chi connectivity index (χ4n) is 3.87. The highest BCUT2D eigenvalue weighted by Crippen LogP contribution is 2.39. The number of hydrogen-bond donors (Lipinski definition) is 3. The first-order chi connectivity index (χ1) is 18.1. The summed E-state index contributed by atoms with van der Waals surface area (Å²) in [6.07, 6.45) is 3.16. The van der Waals surface area contributed by atoms with Crippen molar-refractivity contribution in [2.45, 2.75) is 60.8 Å². The van der Waals surface area contributed by atoms with E-state index in [0.717, 1.165) is 11.1 Å². The van der Waals surface area contributed by atoms with Crippen LogP contribution in [0.25, 0.3) is 5.69 Å². The first kappa shape index (κ1) is 29.4. The molecule has 1 aromatic heterocycles. The zero-order valence-electron chi connectivity index (χ0n) is 24.3. The highest BCUT2D eigenvalue weighted by Gasteiger charge is 2.22. The second-order valence-electron chi connectivity index (χ2n) is 11.9. The monoisotopic (exact) mass is 533 g/mol. The van der Waals surface area contributed by atoms with Crippen LogP contribution in [-0.2, 0) is 10.2 Å². The summed E-state index contributed by atoms with van der Waals surface area (Å²) in [6, 6.07) is 8.99. The van der Waals surface area contributed by atoms with Crippen LogP contribution in [0.3, 0.4) is 0 Å². The van der Waals surface area contributed by atoms with Gasteiger partial charge in [0.15, 0.2) is 5.75 Å². The lowest BCUT2D eigenvalue weighted by molar-refractivity contribution is -0.114. The van der Waals surface area contributed by atoms with Gasteiger partial charge >= 0.3 is 0 Å². The topological polar surface area (TPSA) is 114 Å². The van der Waals surface area contributed by atoms with Gasteiger partial charge in [0.05, 0.1) is 35.9 Å². The summed E-state index contributed by atoms with van der Waals surface area (Å²) >= 11 is 0. The van der Waals surface area contributed by atoms with Gasteiger partial charge in [0.2, 0.25) is 5.91 Å². The number of nitrogens with zero attached hydrogens (tertiary/aromatic N) is 2. The van der Waals surface area contributed by atoms with E-state index in [9.17, 15) is 14.4 Å². The number of methoxy groups -OCH3 is 1. The van der Waals surface area contributed by atoms with Gasteiger partial charge in [-0.1, -0.05) is 47.6 Å². The zero-order valence-corrected chi connectivity index (χ0v) is 24.3. The minimum absolute atomic E-state index is 0.0398. The van der Waals surface area contributed by atoms with E-state index in [1.807, 2.05) is 66.7 Å². The molecule has 3 aromatic rings. The number of aryl methyl sites for hydroxylation is 1. The molecule has 3 rings (SSSR count). The van der Waals surface area contributed by atoms with Gasteiger partial charge in [-0.2, -0.15) is 5.10 Å². The molecule has 0 radical (unpaired) electrons. The maximum Gasteiger partial charge on any atom is 0.255 e. The molecule has 208 valence electrons. The van der Waals surface area contributed by atoms with Gasteiger partial charge in [-0.05, 0) is 53.1 Å². The Bertz CT molecular complexity index is 1390. The predicted octanol–water partition coefficient (Wildman–Crippen LogP) is 5.47. The largest absolute Gasteiger partial charge is 0.492 e. The summed E-state index contributed by atoms with van der Waals surface area (Å²) in [5.74, 6) is -0.449. The van der Waals surface area contributed by atoms with Crippen molar-refractivity contribution in [3.05, 3.63) is 65.0 Å². The molecule has 3 amide bonds. The molecule has 0 saturated heterocycles. The number of aromatic nitrogens is 2. The Kier molecular flexibility index (Phi) is 8.53. The summed E-state index contributed by atoms with van der Waals surface area (Å²) in [4.78, 5) is 37.8. The predicted molar refractivity (Wildman–Crippen MR) is 154 cm³/mol. The molecule has 9 heteroatoms. The van der Waals surface area contributed by atoms with Crippen molar-refractivity contribution in [3.63, 3.8) is 0 Å². The second kappa shape index (κ2) is 11.3. The fraction of sp³-hybridized carbons (Fsp3) is 0.400. The van der Waals surface area contributed by atoms with Crippen LogP contribution in [0.1, 0.15) is 80.3 Å². The number of nitrogens with one attached hydrogen (secondary N) is 3. The van der Waals surface area contributed by atoms with Crippen molar-refractivity contribution in [1.82, 2.24) is 15.1 Å². The van der Waals surface area contributed by atoms with Crippen LogP contribution in [0, 0.1) is 12.3 Å². The molecule has 3 N–H and O–H groups in total. The summed E-state index contributed by atoms with van der Waals surface area (Å²) in [5.41, 5.74) is 3.94. The maximum absolute atomic E-state index is 13.4. The number of rotatable bonds is 7. The van der Waals surface area contributed by atoms with Crippen molar-refractivity contribution in [2.24, 2.45) is 5.41 Å². The molecule has 2 aromatic carbocycles. The number of benzene rings is 2. The van der Waals surface area contributed by atoms with Crippen LogP contribution >= 0.6 is 0 Å². The fourth-order valence-corrected chi connectivity index (χ4v) is 3.87. The Morgan fingerprint density at radius 2 is 1.56 bits per heavy atom. The van der Waals surface area contributed by atoms with Gasteiger partial charge < -0.3 is 20.7 Å². The van der Waals surface area contributed by atoms with E-state index in [1.165, 1.54) is 20.2 Å². The third kappa shape index (κ3) is 7.46. The summed E-state index contributed by atoms with van der Waals surface area (Å²) in [6.45, 7) is 16.2. The van der Waals surface area contributed by atoms with Crippen LogP contribution in [0.5, 0.6) is 5.75 Å². The molecule has 0 aliphatic rings. The van der Waals surface area contributed by atoms with E-state index >= 15 is 0 Å². The molecule has 1 heterocycles. The lowest BCUT2D eigenvalue weighted by Gasteiger charge is -2.24. The Hall–Kier alpha value is -4.14. The number of carbonyl (C=O) groups excluding carboxylic acids is 3. The summed E-state index contributed by atoms with van der Waals surface area (Å²) < 4.78 is 7.17. The Morgan fingerprint density at radius 3 is 2.13 bits per heavy atom. The van der Waals surface area contributed by atoms with Gasteiger partial charge in [-0.25, -0.2) is 4.68 Å². The minimum Gasteiger partial charge on any atom is -0.492 e. The van der Waals surface area contributed by atoms with E-state index in [1.54, 1.807) is 23.0 Å².